The lowest BCUT2D eigenvalue weighted by Crippen LogP contribution is -2.33. The fourth-order valence-electron chi connectivity index (χ4n) is 2.28. The molecular formula is C12H17ClN4. The van der Waals surface area contributed by atoms with Crippen LogP contribution >= 0.6 is 11.6 Å². The van der Waals surface area contributed by atoms with Crippen molar-refractivity contribution >= 4 is 11.6 Å². The zero-order valence-electron chi connectivity index (χ0n) is 10.3. The van der Waals surface area contributed by atoms with Crippen molar-refractivity contribution in [1.29, 1.82) is 5.26 Å². The van der Waals surface area contributed by atoms with Crippen LogP contribution in [0, 0.1) is 18.3 Å². The third-order valence-corrected chi connectivity index (χ3v) is 3.86. The lowest BCUT2D eigenvalue weighted by Gasteiger charge is -2.29. The SMILES string of the molecule is Cc1nc(C(C#N)N2CCCCC2)c(Cl)n1C. The van der Waals surface area contributed by atoms with E-state index in [0.29, 0.717) is 10.8 Å². The van der Waals surface area contributed by atoms with Crippen molar-refractivity contribution in [2.24, 2.45) is 7.05 Å². The Labute approximate surface area is 107 Å². The minimum atomic E-state index is -0.303. The van der Waals surface area contributed by atoms with Gasteiger partial charge in [0.1, 0.15) is 22.7 Å². The maximum Gasteiger partial charge on any atom is 0.144 e. The number of hydrogen-bond donors (Lipinski definition) is 0. The van der Waals surface area contributed by atoms with Crippen LogP contribution < -0.4 is 0 Å². The lowest BCUT2D eigenvalue weighted by atomic mass is 10.1. The van der Waals surface area contributed by atoms with Gasteiger partial charge >= 0.3 is 0 Å². The van der Waals surface area contributed by atoms with Gasteiger partial charge in [0.15, 0.2) is 0 Å². The number of hydrogen-bond acceptors (Lipinski definition) is 3. The Hall–Kier alpha value is -1.05. The number of halogens is 1. The molecule has 1 aromatic rings. The van der Waals surface area contributed by atoms with E-state index in [2.05, 4.69) is 16.0 Å². The van der Waals surface area contributed by atoms with E-state index in [4.69, 9.17) is 11.6 Å². The van der Waals surface area contributed by atoms with Crippen molar-refractivity contribution < 1.29 is 0 Å². The number of piperidine rings is 1. The molecule has 1 atom stereocenters. The summed E-state index contributed by atoms with van der Waals surface area (Å²) in [5.74, 6) is 0.849. The third kappa shape index (κ3) is 2.31. The number of nitrogens with zero attached hydrogens (tertiary/aromatic N) is 4. The molecule has 1 aliphatic heterocycles. The smallest absolute Gasteiger partial charge is 0.144 e. The summed E-state index contributed by atoms with van der Waals surface area (Å²) >= 11 is 6.23. The summed E-state index contributed by atoms with van der Waals surface area (Å²) < 4.78 is 1.82. The van der Waals surface area contributed by atoms with Crippen LogP contribution in [0.15, 0.2) is 0 Å². The highest BCUT2D eigenvalue weighted by molar-refractivity contribution is 6.30. The summed E-state index contributed by atoms with van der Waals surface area (Å²) in [7, 11) is 1.87. The molecule has 0 aliphatic carbocycles. The Morgan fingerprint density at radius 2 is 2.00 bits per heavy atom. The van der Waals surface area contributed by atoms with Crippen molar-refractivity contribution in [1.82, 2.24) is 14.5 Å². The molecule has 0 aromatic carbocycles. The molecule has 1 aliphatic rings. The highest BCUT2D eigenvalue weighted by Gasteiger charge is 2.27. The Balaban J connectivity index is 2.28. The van der Waals surface area contributed by atoms with Crippen LogP contribution in [-0.2, 0) is 7.05 Å². The summed E-state index contributed by atoms with van der Waals surface area (Å²) in [4.78, 5) is 6.60. The highest BCUT2D eigenvalue weighted by Crippen LogP contribution is 2.28. The Bertz CT molecular complexity index is 440. The monoisotopic (exact) mass is 252 g/mol. The van der Waals surface area contributed by atoms with Gasteiger partial charge in [0.2, 0.25) is 0 Å². The average molecular weight is 253 g/mol. The maximum atomic E-state index is 9.36. The van der Waals surface area contributed by atoms with E-state index in [-0.39, 0.29) is 6.04 Å². The molecule has 0 spiro atoms. The van der Waals surface area contributed by atoms with Crippen molar-refractivity contribution in [2.75, 3.05) is 13.1 Å². The van der Waals surface area contributed by atoms with Gasteiger partial charge in [0, 0.05) is 7.05 Å². The molecule has 0 radical (unpaired) electrons. The first-order valence-electron chi connectivity index (χ1n) is 5.97. The Morgan fingerprint density at radius 3 is 2.47 bits per heavy atom. The molecule has 1 saturated heterocycles. The molecule has 5 heteroatoms. The van der Waals surface area contributed by atoms with Crippen molar-refractivity contribution in [3.05, 3.63) is 16.7 Å². The first-order chi connectivity index (χ1) is 8.15. The number of aryl methyl sites for hydroxylation is 1. The first-order valence-corrected chi connectivity index (χ1v) is 6.35. The van der Waals surface area contributed by atoms with Crippen molar-refractivity contribution in [2.45, 2.75) is 32.2 Å². The zero-order chi connectivity index (χ0) is 12.4. The van der Waals surface area contributed by atoms with E-state index in [1.807, 2.05) is 18.5 Å². The van der Waals surface area contributed by atoms with E-state index < -0.39 is 0 Å². The second-order valence-corrected chi connectivity index (χ2v) is 4.88. The molecule has 0 saturated carbocycles. The predicted molar refractivity (Wildman–Crippen MR) is 66.7 cm³/mol. The molecule has 0 bridgehead atoms. The number of imidazole rings is 1. The summed E-state index contributed by atoms with van der Waals surface area (Å²) in [5, 5.41) is 9.94. The van der Waals surface area contributed by atoms with Gasteiger partial charge < -0.3 is 4.57 Å². The number of likely N-dealkylation sites (tertiary alicyclic amines) is 1. The van der Waals surface area contributed by atoms with E-state index >= 15 is 0 Å². The zero-order valence-corrected chi connectivity index (χ0v) is 11.0. The summed E-state index contributed by atoms with van der Waals surface area (Å²) in [6.07, 6.45) is 3.56. The van der Waals surface area contributed by atoms with Gasteiger partial charge in [0.05, 0.1) is 6.07 Å². The standard InChI is InChI=1S/C12H17ClN4/c1-9-15-11(12(13)16(9)2)10(8-14)17-6-4-3-5-7-17/h10H,3-7H2,1-2H3. The van der Waals surface area contributed by atoms with Crippen LogP contribution in [-0.4, -0.2) is 27.5 Å². The summed E-state index contributed by atoms with van der Waals surface area (Å²) in [6.45, 7) is 3.83. The van der Waals surface area contributed by atoms with Crippen LogP contribution in [0.1, 0.15) is 36.8 Å². The second kappa shape index (κ2) is 5.07. The van der Waals surface area contributed by atoms with E-state index in [0.717, 1.165) is 31.8 Å². The minimum absolute atomic E-state index is 0.303. The van der Waals surface area contributed by atoms with Gasteiger partial charge in [-0.05, 0) is 32.9 Å². The summed E-state index contributed by atoms with van der Waals surface area (Å²) in [6, 6.07) is 2.03. The van der Waals surface area contributed by atoms with Crippen molar-refractivity contribution in [3.63, 3.8) is 0 Å². The van der Waals surface area contributed by atoms with Crippen LogP contribution in [0.4, 0.5) is 0 Å². The van der Waals surface area contributed by atoms with E-state index in [1.165, 1.54) is 6.42 Å². The molecule has 0 amide bonds. The number of nitriles is 1. The lowest BCUT2D eigenvalue weighted by molar-refractivity contribution is 0.193. The average Bonchev–Trinajstić information content (AvgIpc) is 2.60. The first kappa shape index (κ1) is 12.4. The predicted octanol–water partition coefficient (Wildman–Crippen LogP) is 2.43. The van der Waals surface area contributed by atoms with Crippen LogP contribution in [0.2, 0.25) is 5.15 Å². The van der Waals surface area contributed by atoms with Crippen LogP contribution in [0.5, 0.6) is 0 Å². The molecule has 1 unspecified atom stereocenters. The molecule has 2 heterocycles. The molecular weight excluding hydrogens is 236 g/mol. The molecule has 1 aromatic heterocycles. The van der Waals surface area contributed by atoms with Gasteiger partial charge in [-0.3, -0.25) is 4.90 Å². The van der Waals surface area contributed by atoms with E-state index in [1.54, 1.807) is 0 Å². The largest absolute Gasteiger partial charge is 0.322 e. The minimum Gasteiger partial charge on any atom is -0.322 e. The summed E-state index contributed by atoms with van der Waals surface area (Å²) in [5.41, 5.74) is 0.705. The van der Waals surface area contributed by atoms with Gasteiger partial charge in [-0.2, -0.15) is 5.26 Å². The number of aromatic nitrogens is 2. The molecule has 1 fully saturated rings. The van der Waals surface area contributed by atoms with Gasteiger partial charge in [-0.1, -0.05) is 18.0 Å². The maximum absolute atomic E-state index is 9.36. The fourth-order valence-corrected chi connectivity index (χ4v) is 2.54. The normalized spacial score (nSPS) is 18.9. The Kier molecular flexibility index (Phi) is 3.70. The quantitative estimate of drug-likeness (QED) is 0.812. The van der Waals surface area contributed by atoms with Gasteiger partial charge in [-0.15, -0.1) is 0 Å². The Morgan fingerprint density at radius 1 is 1.35 bits per heavy atom. The highest BCUT2D eigenvalue weighted by atomic mass is 35.5. The van der Waals surface area contributed by atoms with Crippen LogP contribution in [0.25, 0.3) is 0 Å². The number of rotatable bonds is 2. The van der Waals surface area contributed by atoms with Gasteiger partial charge in [-0.25, -0.2) is 4.98 Å². The van der Waals surface area contributed by atoms with Crippen LogP contribution in [0.3, 0.4) is 0 Å². The van der Waals surface area contributed by atoms with Gasteiger partial charge in [0.25, 0.3) is 0 Å². The molecule has 17 heavy (non-hydrogen) atoms. The molecule has 0 N–H and O–H groups in total. The molecule has 92 valence electrons. The van der Waals surface area contributed by atoms with E-state index in [9.17, 15) is 5.26 Å². The molecule has 4 nitrogen and oxygen atoms in total. The van der Waals surface area contributed by atoms with Crippen molar-refractivity contribution in [3.8, 4) is 6.07 Å². The third-order valence-electron chi connectivity index (χ3n) is 3.41. The molecule has 2 rings (SSSR count). The second-order valence-electron chi connectivity index (χ2n) is 4.52. The fraction of sp³-hybridized carbons (Fsp3) is 0.667. The topological polar surface area (TPSA) is 44.9 Å².